The van der Waals surface area contributed by atoms with Gasteiger partial charge in [0.1, 0.15) is 5.65 Å². The first-order chi connectivity index (χ1) is 11.4. The van der Waals surface area contributed by atoms with Gasteiger partial charge in [-0.1, -0.05) is 5.16 Å². The van der Waals surface area contributed by atoms with Crippen molar-refractivity contribution in [1.29, 1.82) is 0 Å². The van der Waals surface area contributed by atoms with Crippen LogP contribution in [0.1, 0.15) is 18.5 Å². The van der Waals surface area contributed by atoms with E-state index in [0.717, 1.165) is 0 Å². The van der Waals surface area contributed by atoms with E-state index in [9.17, 15) is 18.0 Å². The van der Waals surface area contributed by atoms with E-state index >= 15 is 0 Å². The van der Waals surface area contributed by atoms with E-state index < -0.39 is 18.0 Å². The molecule has 0 saturated carbocycles. The summed E-state index contributed by atoms with van der Waals surface area (Å²) in [6.45, 7) is 1.98. The molecule has 0 aliphatic heterocycles. The summed E-state index contributed by atoms with van der Waals surface area (Å²) < 4.78 is 48.2. The Bertz CT molecular complexity index is 885. The Labute approximate surface area is 133 Å². The summed E-state index contributed by atoms with van der Waals surface area (Å²) in [5.74, 6) is -2.02. The third-order valence-corrected chi connectivity index (χ3v) is 3.07. The van der Waals surface area contributed by atoms with Crippen LogP contribution in [-0.2, 0) is 22.1 Å². The van der Waals surface area contributed by atoms with Gasteiger partial charge in [-0.05, 0) is 19.1 Å². The first-order valence-electron chi connectivity index (χ1n) is 6.91. The molecule has 0 atom stereocenters. The summed E-state index contributed by atoms with van der Waals surface area (Å²) >= 11 is 0. The molecule has 3 aromatic heterocycles. The van der Waals surface area contributed by atoms with Crippen molar-refractivity contribution in [3.05, 3.63) is 36.1 Å². The van der Waals surface area contributed by atoms with Crippen LogP contribution in [0.15, 0.2) is 29.0 Å². The van der Waals surface area contributed by atoms with E-state index in [1.165, 1.54) is 12.1 Å². The predicted octanol–water partition coefficient (Wildman–Crippen LogP) is 2.51. The van der Waals surface area contributed by atoms with E-state index in [2.05, 4.69) is 19.6 Å². The molecular weight excluding hydrogens is 329 g/mol. The number of ether oxygens (including phenoxy) is 1. The van der Waals surface area contributed by atoms with Crippen molar-refractivity contribution in [2.24, 2.45) is 0 Å². The summed E-state index contributed by atoms with van der Waals surface area (Å²) in [4.78, 5) is 19.0. The third kappa shape index (κ3) is 3.21. The number of nitrogens with zero attached hydrogens (tertiary/aromatic N) is 4. The average Bonchev–Trinajstić information content (AvgIpc) is 3.12. The maximum atomic E-state index is 12.5. The Kier molecular flexibility index (Phi) is 3.96. The Morgan fingerprint density at radius 3 is 2.83 bits per heavy atom. The molecule has 3 rings (SSSR count). The lowest BCUT2D eigenvalue weighted by atomic mass is 10.2. The maximum Gasteiger partial charge on any atom is 0.471 e. The number of esters is 1. The molecule has 0 amide bonds. The fourth-order valence-electron chi connectivity index (χ4n) is 2.07. The molecule has 0 spiro atoms. The molecule has 0 unspecified atom stereocenters. The van der Waals surface area contributed by atoms with Crippen molar-refractivity contribution in [3.63, 3.8) is 0 Å². The molecule has 0 saturated heterocycles. The number of rotatable bonds is 4. The molecule has 0 aliphatic rings. The Balaban J connectivity index is 1.88. The Morgan fingerprint density at radius 1 is 1.38 bits per heavy atom. The Hall–Kier alpha value is -2.91. The van der Waals surface area contributed by atoms with Crippen molar-refractivity contribution in [2.45, 2.75) is 19.5 Å². The van der Waals surface area contributed by atoms with E-state index in [4.69, 9.17) is 4.74 Å². The number of alkyl halides is 3. The van der Waals surface area contributed by atoms with Crippen LogP contribution in [0.4, 0.5) is 13.2 Å². The zero-order valence-corrected chi connectivity index (χ0v) is 12.4. The summed E-state index contributed by atoms with van der Waals surface area (Å²) in [7, 11) is 0. The van der Waals surface area contributed by atoms with Gasteiger partial charge in [-0.25, -0.2) is 4.98 Å². The number of hydrogen-bond donors (Lipinski definition) is 0. The second-order valence-electron chi connectivity index (χ2n) is 4.82. The van der Waals surface area contributed by atoms with Crippen LogP contribution in [-0.4, -0.2) is 32.1 Å². The highest BCUT2D eigenvalue weighted by Gasteiger charge is 2.38. The summed E-state index contributed by atoms with van der Waals surface area (Å²) in [5.41, 5.74) is 1.23. The number of imidazole rings is 1. The van der Waals surface area contributed by atoms with Gasteiger partial charge in [0.25, 0.3) is 0 Å². The standard InChI is InChI=1S/C14H11F3N4O3/c1-2-23-11(22)6-9-7-21-4-3-8(5-10(21)18-9)12-19-13(24-20-12)14(15,16)17/h3-5,7H,2,6H2,1H3. The third-order valence-electron chi connectivity index (χ3n) is 3.07. The topological polar surface area (TPSA) is 82.5 Å². The van der Waals surface area contributed by atoms with Gasteiger partial charge in [-0.15, -0.1) is 0 Å². The van der Waals surface area contributed by atoms with Gasteiger partial charge in [0.15, 0.2) is 0 Å². The smallest absolute Gasteiger partial charge is 0.466 e. The van der Waals surface area contributed by atoms with Crippen molar-refractivity contribution >= 4 is 11.6 Å². The zero-order valence-electron chi connectivity index (χ0n) is 12.4. The summed E-state index contributed by atoms with van der Waals surface area (Å²) in [5, 5.41) is 3.32. The fraction of sp³-hybridized carbons (Fsp3) is 0.286. The van der Waals surface area contributed by atoms with Gasteiger partial charge < -0.3 is 13.7 Å². The van der Waals surface area contributed by atoms with Crippen LogP contribution in [0.2, 0.25) is 0 Å². The van der Waals surface area contributed by atoms with Gasteiger partial charge in [0, 0.05) is 18.0 Å². The first kappa shape index (κ1) is 16.0. The molecule has 3 aromatic rings. The molecule has 24 heavy (non-hydrogen) atoms. The molecule has 126 valence electrons. The molecule has 3 heterocycles. The lowest BCUT2D eigenvalue weighted by Crippen LogP contribution is -2.07. The second-order valence-corrected chi connectivity index (χ2v) is 4.82. The Morgan fingerprint density at radius 2 is 2.17 bits per heavy atom. The highest BCUT2D eigenvalue weighted by molar-refractivity contribution is 5.72. The van der Waals surface area contributed by atoms with E-state index in [1.54, 1.807) is 23.7 Å². The van der Waals surface area contributed by atoms with Crippen LogP contribution in [0.25, 0.3) is 17.0 Å². The number of hydrogen-bond acceptors (Lipinski definition) is 6. The van der Waals surface area contributed by atoms with E-state index in [0.29, 0.717) is 16.9 Å². The SMILES string of the molecule is CCOC(=O)Cc1cn2ccc(-c3noc(C(F)(F)F)n3)cc2n1. The van der Waals surface area contributed by atoms with Crippen LogP contribution in [0.5, 0.6) is 0 Å². The highest BCUT2D eigenvalue weighted by atomic mass is 19.4. The van der Waals surface area contributed by atoms with Crippen LogP contribution < -0.4 is 0 Å². The van der Waals surface area contributed by atoms with Gasteiger partial charge in [-0.2, -0.15) is 18.2 Å². The molecular formula is C14H11F3N4O3. The summed E-state index contributed by atoms with van der Waals surface area (Å²) in [6.07, 6.45) is -1.48. The van der Waals surface area contributed by atoms with Crippen molar-refractivity contribution in [3.8, 4) is 11.4 Å². The van der Waals surface area contributed by atoms with Gasteiger partial charge in [0.05, 0.1) is 18.7 Å². The average molecular weight is 340 g/mol. The van der Waals surface area contributed by atoms with Crippen molar-refractivity contribution < 1.29 is 27.2 Å². The van der Waals surface area contributed by atoms with Crippen molar-refractivity contribution in [1.82, 2.24) is 19.5 Å². The number of halogens is 3. The normalized spacial score (nSPS) is 11.8. The minimum absolute atomic E-state index is 0.00524. The van der Waals surface area contributed by atoms with E-state index in [-0.39, 0.29) is 18.9 Å². The molecule has 0 N–H and O–H groups in total. The quantitative estimate of drug-likeness (QED) is 0.679. The van der Waals surface area contributed by atoms with Crippen LogP contribution >= 0.6 is 0 Å². The molecule has 0 radical (unpaired) electrons. The lowest BCUT2D eigenvalue weighted by molar-refractivity contribution is -0.159. The molecule has 0 fully saturated rings. The number of pyridine rings is 1. The molecule has 10 heteroatoms. The number of fused-ring (bicyclic) bond motifs is 1. The van der Waals surface area contributed by atoms with Crippen molar-refractivity contribution in [2.75, 3.05) is 6.61 Å². The summed E-state index contributed by atoms with van der Waals surface area (Å²) in [6, 6.07) is 3.02. The van der Waals surface area contributed by atoms with Gasteiger partial charge >= 0.3 is 18.0 Å². The fourth-order valence-corrected chi connectivity index (χ4v) is 2.07. The number of carbonyl (C=O) groups is 1. The molecule has 0 bridgehead atoms. The molecule has 0 aliphatic carbocycles. The molecule has 7 nitrogen and oxygen atoms in total. The molecule has 0 aromatic carbocycles. The van der Waals surface area contributed by atoms with Crippen LogP contribution in [0, 0.1) is 0 Å². The van der Waals surface area contributed by atoms with Crippen LogP contribution in [0.3, 0.4) is 0 Å². The zero-order chi connectivity index (χ0) is 17.3. The van der Waals surface area contributed by atoms with Gasteiger partial charge in [-0.3, -0.25) is 4.79 Å². The highest BCUT2D eigenvalue weighted by Crippen LogP contribution is 2.29. The predicted molar refractivity (Wildman–Crippen MR) is 73.8 cm³/mol. The first-order valence-corrected chi connectivity index (χ1v) is 6.91. The van der Waals surface area contributed by atoms with Gasteiger partial charge in [0.2, 0.25) is 5.82 Å². The largest absolute Gasteiger partial charge is 0.471 e. The maximum absolute atomic E-state index is 12.5. The number of carbonyl (C=O) groups excluding carboxylic acids is 1. The lowest BCUT2D eigenvalue weighted by Gasteiger charge is -1.97. The number of aromatic nitrogens is 4. The second kappa shape index (κ2) is 5.95. The monoisotopic (exact) mass is 340 g/mol. The minimum Gasteiger partial charge on any atom is -0.466 e. The minimum atomic E-state index is -4.70. The van der Waals surface area contributed by atoms with E-state index in [1.807, 2.05) is 0 Å².